The SMILES string of the molecule is CC(C)(C)c1ccccc1-c1cc2c3c(c1)Oc1ccccc1B3c1ccccc1C2. The fourth-order valence-electron chi connectivity index (χ4n) is 5.38. The van der Waals surface area contributed by atoms with Gasteiger partial charge < -0.3 is 4.74 Å². The fourth-order valence-corrected chi connectivity index (χ4v) is 5.38. The summed E-state index contributed by atoms with van der Waals surface area (Å²) in [4.78, 5) is 0. The first kappa shape index (κ1) is 18.5. The van der Waals surface area contributed by atoms with Crippen LogP contribution in [0.2, 0.25) is 0 Å². The molecule has 2 aliphatic rings. The first-order chi connectivity index (χ1) is 15.0. The molecule has 0 saturated carbocycles. The standard InChI is InChI=1S/C29H25BO/c1-29(2,3)23-12-6-5-11-22(23)20-17-21-16-19-10-4-7-13-24(19)30-25-14-8-9-15-26(25)31-27(18-20)28(21)30/h4-15,17-18H,16H2,1-3H3. The van der Waals surface area contributed by atoms with E-state index in [1.807, 2.05) is 0 Å². The van der Waals surface area contributed by atoms with Crippen LogP contribution in [0.5, 0.6) is 11.5 Å². The summed E-state index contributed by atoms with van der Waals surface area (Å²) in [6.45, 7) is 7.10. The van der Waals surface area contributed by atoms with Gasteiger partial charge in [-0.3, -0.25) is 0 Å². The quantitative estimate of drug-likeness (QED) is 0.346. The first-order valence-corrected chi connectivity index (χ1v) is 11.1. The molecule has 0 radical (unpaired) electrons. The maximum absolute atomic E-state index is 6.53. The van der Waals surface area contributed by atoms with Crippen LogP contribution in [0, 0.1) is 0 Å². The topological polar surface area (TPSA) is 9.23 Å². The molecular weight excluding hydrogens is 375 g/mol. The first-order valence-electron chi connectivity index (χ1n) is 11.1. The van der Waals surface area contributed by atoms with Gasteiger partial charge >= 0.3 is 0 Å². The van der Waals surface area contributed by atoms with E-state index in [0.29, 0.717) is 0 Å². The summed E-state index contributed by atoms with van der Waals surface area (Å²) in [5.41, 5.74) is 10.8. The minimum atomic E-state index is 0.0757. The average Bonchev–Trinajstić information content (AvgIpc) is 2.78. The van der Waals surface area contributed by atoms with E-state index >= 15 is 0 Å². The van der Waals surface area contributed by atoms with Crippen LogP contribution in [-0.2, 0) is 11.8 Å². The molecule has 0 aromatic heterocycles. The van der Waals surface area contributed by atoms with E-state index in [1.165, 1.54) is 44.2 Å². The highest BCUT2D eigenvalue weighted by Gasteiger charge is 2.38. The third-order valence-electron chi connectivity index (χ3n) is 6.76. The molecule has 0 saturated heterocycles. The summed E-state index contributed by atoms with van der Waals surface area (Å²) >= 11 is 0. The van der Waals surface area contributed by atoms with Crippen molar-refractivity contribution in [2.24, 2.45) is 0 Å². The van der Waals surface area contributed by atoms with Crippen molar-refractivity contribution in [3.05, 3.63) is 102 Å². The van der Waals surface area contributed by atoms with Crippen LogP contribution in [-0.4, -0.2) is 6.71 Å². The van der Waals surface area contributed by atoms with Crippen LogP contribution in [0.15, 0.2) is 84.9 Å². The highest BCUT2D eigenvalue weighted by molar-refractivity contribution is 6.97. The van der Waals surface area contributed by atoms with Crippen molar-refractivity contribution < 1.29 is 4.74 Å². The molecule has 0 fully saturated rings. The number of hydrogen-bond donors (Lipinski definition) is 0. The fraction of sp³-hybridized carbons (Fsp3) is 0.172. The molecule has 31 heavy (non-hydrogen) atoms. The molecule has 4 aromatic rings. The zero-order valence-electron chi connectivity index (χ0n) is 18.3. The van der Waals surface area contributed by atoms with Crippen LogP contribution in [0.1, 0.15) is 37.5 Å². The summed E-state index contributed by atoms with van der Waals surface area (Å²) < 4.78 is 6.53. The van der Waals surface area contributed by atoms with E-state index < -0.39 is 0 Å². The van der Waals surface area contributed by atoms with Crippen molar-refractivity contribution in [1.29, 1.82) is 0 Å². The molecule has 0 N–H and O–H groups in total. The summed E-state index contributed by atoms with van der Waals surface area (Å²) in [7, 11) is 0. The third kappa shape index (κ3) is 2.85. The van der Waals surface area contributed by atoms with Crippen molar-refractivity contribution >= 4 is 23.1 Å². The molecule has 0 aliphatic carbocycles. The van der Waals surface area contributed by atoms with Crippen LogP contribution in [0.3, 0.4) is 0 Å². The normalized spacial score (nSPS) is 13.7. The molecule has 6 rings (SSSR count). The number of ether oxygens (including phenoxy) is 1. The van der Waals surface area contributed by atoms with E-state index in [1.54, 1.807) is 0 Å². The average molecular weight is 400 g/mol. The van der Waals surface area contributed by atoms with Gasteiger partial charge in [0.05, 0.1) is 0 Å². The maximum Gasteiger partial charge on any atom is 0.251 e. The summed E-state index contributed by atoms with van der Waals surface area (Å²) in [5, 5.41) is 0. The molecule has 4 aromatic carbocycles. The van der Waals surface area contributed by atoms with Crippen LogP contribution in [0.25, 0.3) is 11.1 Å². The Hall–Kier alpha value is -3.26. The molecule has 150 valence electrons. The van der Waals surface area contributed by atoms with Gasteiger partial charge in [-0.2, -0.15) is 0 Å². The largest absolute Gasteiger partial charge is 0.458 e. The van der Waals surface area contributed by atoms with E-state index in [2.05, 4.69) is 106 Å². The summed E-state index contributed by atoms with van der Waals surface area (Å²) in [5.74, 6) is 1.98. The predicted molar refractivity (Wildman–Crippen MR) is 131 cm³/mol. The van der Waals surface area contributed by atoms with Gasteiger partial charge in [-0.05, 0) is 62.7 Å². The minimum Gasteiger partial charge on any atom is -0.458 e. The zero-order chi connectivity index (χ0) is 21.2. The smallest absolute Gasteiger partial charge is 0.251 e. The summed E-state index contributed by atoms with van der Waals surface area (Å²) in [6.07, 6.45) is 0.950. The van der Waals surface area contributed by atoms with Gasteiger partial charge in [0.15, 0.2) is 0 Å². The molecule has 1 nitrogen and oxygen atoms in total. The van der Waals surface area contributed by atoms with Gasteiger partial charge in [0.2, 0.25) is 0 Å². The Morgan fingerprint density at radius 2 is 1.42 bits per heavy atom. The van der Waals surface area contributed by atoms with Crippen molar-refractivity contribution in [1.82, 2.24) is 0 Å². The highest BCUT2D eigenvalue weighted by atomic mass is 16.5. The molecule has 2 heterocycles. The van der Waals surface area contributed by atoms with Crippen LogP contribution < -0.4 is 21.1 Å². The van der Waals surface area contributed by atoms with Crippen molar-refractivity contribution in [2.45, 2.75) is 32.6 Å². The van der Waals surface area contributed by atoms with E-state index in [-0.39, 0.29) is 12.1 Å². The molecule has 2 heteroatoms. The number of para-hydroxylation sites is 1. The number of fused-ring (bicyclic) bond motifs is 4. The Morgan fingerprint density at radius 1 is 0.710 bits per heavy atom. The van der Waals surface area contributed by atoms with Crippen LogP contribution in [0.4, 0.5) is 0 Å². The second-order valence-corrected chi connectivity index (χ2v) is 9.79. The monoisotopic (exact) mass is 400 g/mol. The molecular formula is C29H25BO. The van der Waals surface area contributed by atoms with Gasteiger partial charge in [-0.15, -0.1) is 0 Å². The number of hydrogen-bond acceptors (Lipinski definition) is 1. The Kier molecular flexibility index (Phi) is 3.95. The second kappa shape index (κ2) is 6.62. The lowest BCUT2D eigenvalue weighted by Crippen LogP contribution is -2.59. The van der Waals surface area contributed by atoms with Gasteiger partial charge in [-0.25, -0.2) is 0 Å². The van der Waals surface area contributed by atoms with Crippen molar-refractivity contribution in [3.8, 4) is 22.6 Å². The van der Waals surface area contributed by atoms with Crippen molar-refractivity contribution in [3.63, 3.8) is 0 Å². The molecule has 0 atom stereocenters. The molecule has 0 unspecified atom stereocenters. The van der Waals surface area contributed by atoms with E-state index in [4.69, 9.17) is 4.74 Å². The Balaban J connectivity index is 1.62. The predicted octanol–water partition coefficient (Wildman–Crippen LogP) is 5.18. The second-order valence-electron chi connectivity index (χ2n) is 9.79. The van der Waals surface area contributed by atoms with Gasteiger partial charge in [-0.1, -0.05) is 99.0 Å². The Bertz CT molecular complexity index is 1260. The lowest BCUT2D eigenvalue weighted by Gasteiger charge is -2.34. The summed E-state index contributed by atoms with van der Waals surface area (Å²) in [6, 6.07) is 30.9. The molecule has 0 spiro atoms. The Labute approximate surface area is 184 Å². The molecule has 0 amide bonds. The van der Waals surface area contributed by atoms with Gasteiger partial charge in [0.25, 0.3) is 6.71 Å². The van der Waals surface area contributed by atoms with Gasteiger partial charge in [0, 0.05) is 0 Å². The Morgan fingerprint density at radius 3 is 2.26 bits per heavy atom. The minimum absolute atomic E-state index is 0.0757. The van der Waals surface area contributed by atoms with Crippen molar-refractivity contribution in [2.75, 3.05) is 0 Å². The van der Waals surface area contributed by atoms with Crippen LogP contribution >= 0.6 is 0 Å². The highest BCUT2D eigenvalue weighted by Crippen LogP contribution is 2.37. The zero-order valence-corrected chi connectivity index (χ0v) is 18.3. The van der Waals surface area contributed by atoms with E-state index in [9.17, 15) is 0 Å². The van der Waals surface area contributed by atoms with E-state index in [0.717, 1.165) is 17.9 Å². The van der Waals surface area contributed by atoms with Gasteiger partial charge in [0.1, 0.15) is 11.5 Å². The lowest BCUT2D eigenvalue weighted by molar-refractivity contribution is 0.487. The molecule has 2 aliphatic heterocycles. The molecule has 0 bridgehead atoms. The lowest BCUT2D eigenvalue weighted by atomic mass is 9.32. The number of benzene rings is 4. The maximum atomic E-state index is 6.53. The number of rotatable bonds is 1. The third-order valence-corrected chi connectivity index (χ3v) is 6.76.